The van der Waals surface area contributed by atoms with E-state index in [9.17, 15) is 8.78 Å². The number of aliphatic hydroxyl groups is 1. The van der Waals surface area contributed by atoms with E-state index in [0.717, 1.165) is 6.20 Å². The summed E-state index contributed by atoms with van der Waals surface area (Å²) in [5.74, 6) is -0.146. The van der Waals surface area contributed by atoms with Crippen LogP contribution >= 0.6 is 0 Å². The third kappa shape index (κ3) is 1.67. The number of aliphatic hydroxyl groups excluding tert-OH is 1. The van der Waals surface area contributed by atoms with Crippen LogP contribution in [-0.4, -0.2) is 10.1 Å². The van der Waals surface area contributed by atoms with Crippen molar-refractivity contribution in [1.29, 1.82) is 0 Å². The van der Waals surface area contributed by atoms with Crippen molar-refractivity contribution in [3.63, 3.8) is 0 Å². The predicted molar refractivity (Wildman–Crippen MR) is 43.9 cm³/mol. The number of aromatic nitrogens is 1. The van der Waals surface area contributed by atoms with Gasteiger partial charge in [-0.15, -0.1) is 0 Å². The normalized spacial score (nSPS) is 10.8. The predicted octanol–water partition coefficient (Wildman–Crippen LogP) is 0.676. The molecule has 0 unspecified atom stereocenters. The number of hydrogen-bond acceptors (Lipinski definition) is 4. The molecule has 6 heteroatoms. The highest BCUT2D eigenvalue weighted by Crippen LogP contribution is 2.30. The molecule has 0 fully saturated rings. The Morgan fingerprint density at radius 2 is 2.08 bits per heavy atom. The lowest BCUT2D eigenvalue weighted by atomic mass is 10.1. The van der Waals surface area contributed by atoms with Crippen LogP contribution < -0.4 is 11.5 Å². The van der Waals surface area contributed by atoms with Gasteiger partial charge in [0.15, 0.2) is 0 Å². The topological polar surface area (TPSA) is 85.2 Å². The Bertz CT molecular complexity index is 317. The monoisotopic (exact) mass is 189 g/mol. The van der Waals surface area contributed by atoms with Gasteiger partial charge in [-0.25, -0.2) is 13.8 Å². The lowest BCUT2D eigenvalue weighted by Crippen LogP contribution is -2.06. The summed E-state index contributed by atoms with van der Waals surface area (Å²) in [6.45, 7) is -0.531. The van der Waals surface area contributed by atoms with Gasteiger partial charge >= 0.3 is 0 Å². The molecule has 0 radical (unpaired) electrons. The molecule has 0 saturated heterocycles. The fraction of sp³-hybridized carbons (Fsp3) is 0.286. The molecule has 72 valence electrons. The summed E-state index contributed by atoms with van der Waals surface area (Å²) in [4.78, 5) is 3.55. The number of hydrogen-bond donors (Lipinski definition) is 3. The average Bonchev–Trinajstić information content (AvgIpc) is 2.08. The SMILES string of the molecule is Nc1ncc(CO)c(C(F)F)c1N. The second-order valence-corrected chi connectivity index (χ2v) is 2.45. The Morgan fingerprint density at radius 1 is 1.46 bits per heavy atom. The molecule has 1 aromatic rings. The van der Waals surface area contributed by atoms with Crippen molar-refractivity contribution in [2.75, 3.05) is 11.5 Å². The molecule has 0 aliphatic carbocycles. The summed E-state index contributed by atoms with van der Waals surface area (Å²) >= 11 is 0. The van der Waals surface area contributed by atoms with Crippen molar-refractivity contribution in [3.8, 4) is 0 Å². The van der Waals surface area contributed by atoms with E-state index in [1.165, 1.54) is 0 Å². The third-order valence-corrected chi connectivity index (χ3v) is 1.66. The lowest BCUT2D eigenvalue weighted by Gasteiger charge is -2.10. The van der Waals surface area contributed by atoms with E-state index in [0.29, 0.717) is 0 Å². The zero-order chi connectivity index (χ0) is 10.0. The fourth-order valence-corrected chi connectivity index (χ4v) is 0.981. The zero-order valence-electron chi connectivity index (χ0n) is 6.67. The zero-order valence-corrected chi connectivity index (χ0v) is 6.67. The van der Waals surface area contributed by atoms with Crippen molar-refractivity contribution in [2.24, 2.45) is 0 Å². The molecule has 0 aromatic carbocycles. The summed E-state index contributed by atoms with van der Waals surface area (Å²) in [5, 5.41) is 8.71. The Hall–Kier alpha value is -1.43. The summed E-state index contributed by atoms with van der Waals surface area (Å²) in [7, 11) is 0. The van der Waals surface area contributed by atoms with Crippen LogP contribution in [-0.2, 0) is 6.61 Å². The van der Waals surface area contributed by atoms with E-state index < -0.39 is 18.6 Å². The van der Waals surface area contributed by atoms with E-state index in [4.69, 9.17) is 16.6 Å². The number of rotatable bonds is 2. The number of halogens is 2. The molecular formula is C7H9F2N3O. The largest absolute Gasteiger partial charge is 0.395 e. The molecule has 4 nitrogen and oxygen atoms in total. The molecule has 0 saturated carbocycles. The van der Waals surface area contributed by atoms with Crippen molar-refractivity contribution < 1.29 is 13.9 Å². The highest BCUT2D eigenvalue weighted by molar-refractivity contribution is 5.65. The summed E-state index contributed by atoms with van der Waals surface area (Å²) in [5.41, 5.74) is 9.82. The molecule has 0 aliphatic heterocycles. The Balaban J connectivity index is 3.32. The first-order chi connectivity index (χ1) is 6.07. The molecule has 1 aromatic heterocycles. The second kappa shape index (κ2) is 3.53. The molecule has 0 atom stereocenters. The first-order valence-electron chi connectivity index (χ1n) is 3.49. The second-order valence-electron chi connectivity index (χ2n) is 2.45. The van der Waals surface area contributed by atoms with Gasteiger partial charge in [0.05, 0.1) is 17.9 Å². The first-order valence-corrected chi connectivity index (χ1v) is 3.49. The van der Waals surface area contributed by atoms with Gasteiger partial charge in [-0.05, 0) is 0 Å². The Kier molecular flexibility index (Phi) is 2.62. The molecule has 5 N–H and O–H groups in total. The van der Waals surface area contributed by atoms with Gasteiger partial charge in [0.1, 0.15) is 5.82 Å². The number of nitrogens with two attached hydrogens (primary N) is 2. The van der Waals surface area contributed by atoms with Gasteiger partial charge in [0.2, 0.25) is 0 Å². The standard InChI is InChI=1S/C7H9F2N3O/c8-6(9)4-3(2-13)1-12-7(11)5(4)10/h1,6,13H,2,10H2,(H2,11,12). The maximum atomic E-state index is 12.4. The molecular weight excluding hydrogens is 180 g/mol. The van der Waals surface area contributed by atoms with Crippen LogP contribution in [0.2, 0.25) is 0 Å². The van der Waals surface area contributed by atoms with Crippen molar-refractivity contribution in [2.45, 2.75) is 13.0 Å². The minimum absolute atomic E-state index is 0.00157. The molecule has 0 aliphatic rings. The summed E-state index contributed by atoms with van der Waals surface area (Å²) in [6.07, 6.45) is -1.67. The van der Waals surface area contributed by atoms with Gasteiger partial charge in [-0.3, -0.25) is 0 Å². The maximum absolute atomic E-state index is 12.4. The van der Waals surface area contributed by atoms with Crippen LogP contribution in [0.4, 0.5) is 20.3 Å². The molecule has 0 amide bonds. The van der Waals surface area contributed by atoms with Crippen LogP contribution in [0.1, 0.15) is 17.6 Å². The molecule has 0 bridgehead atoms. The van der Waals surface area contributed by atoms with Gasteiger partial charge < -0.3 is 16.6 Å². The third-order valence-electron chi connectivity index (χ3n) is 1.66. The number of alkyl halides is 2. The van der Waals surface area contributed by atoms with E-state index >= 15 is 0 Å². The van der Waals surface area contributed by atoms with E-state index in [1.54, 1.807) is 0 Å². The minimum Gasteiger partial charge on any atom is -0.395 e. The quantitative estimate of drug-likeness (QED) is 0.638. The van der Waals surface area contributed by atoms with E-state index in [2.05, 4.69) is 4.98 Å². The maximum Gasteiger partial charge on any atom is 0.266 e. The van der Waals surface area contributed by atoms with E-state index in [-0.39, 0.29) is 17.1 Å². The number of nitrogens with zero attached hydrogens (tertiary/aromatic N) is 1. The Morgan fingerprint density at radius 3 is 2.54 bits per heavy atom. The Labute approximate surface area is 73.2 Å². The van der Waals surface area contributed by atoms with Crippen molar-refractivity contribution >= 4 is 11.5 Å². The van der Waals surface area contributed by atoms with E-state index in [1.807, 2.05) is 0 Å². The van der Waals surface area contributed by atoms with Gasteiger partial charge in [0, 0.05) is 11.8 Å². The van der Waals surface area contributed by atoms with Gasteiger partial charge in [-0.2, -0.15) is 0 Å². The van der Waals surface area contributed by atoms with Crippen LogP contribution in [0.15, 0.2) is 6.20 Å². The first kappa shape index (κ1) is 9.66. The fourth-order valence-electron chi connectivity index (χ4n) is 0.981. The van der Waals surface area contributed by atoms with Crippen LogP contribution in [0.3, 0.4) is 0 Å². The van der Waals surface area contributed by atoms with Crippen LogP contribution in [0.25, 0.3) is 0 Å². The van der Waals surface area contributed by atoms with Crippen LogP contribution in [0, 0.1) is 0 Å². The number of nitrogen functional groups attached to an aromatic ring is 2. The molecule has 0 spiro atoms. The number of anilines is 2. The number of pyridine rings is 1. The van der Waals surface area contributed by atoms with Gasteiger partial charge in [-0.1, -0.05) is 0 Å². The molecule has 13 heavy (non-hydrogen) atoms. The molecule has 1 heterocycles. The smallest absolute Gasteiger partial charge is 0.266 e. The summed E-state index contributed by atoms with van der Waals surface area (Å²) < 4.78 is 24.8. The summed E-state index contributed by atoms with van der Waals surface area (Å²) in [6, 6.07) is 0. The van der Waals surface area contributed by atoms with Crippen molar-refractivity contribution in [1.82, 2.24) is 4.98 Å². The van der Waals surface area contributed by atoms with Crippen molar-refractivity contribution in [3.05, 3.63) is 17.3 Å². The lowest BCUT2D eigenvalue weighted by molar-refractivity contribution is 0.148. The minimum atomic E-state index is -2.76. The molecule has 1 rings (SSSR count). The van der Waals surface area contributed by atoms with Crippen LogP contribution in [0.5, 0.6) is 0 Å². The van der Waals surface area contributed by atoms with Gasteiger partial charge in [0.25, 0.3) is 6.43 Å². The highest BCUT2D eigenvalue weighted by atomic mass is 19.3. The highest BCUT2D eigenvalue weighted by Gasteiger charge is 2.18. The average molecular weight is 189 g/mol.